The van der Waals surface area contributed by atoms with Crippen molar-refractivity contribution in [2.45, 2.75) is 43.4 Å². The van der Waals surface area contributed by atoms with Crippen LogP contribution in [0.5, 0.6) is 0 Å². The SMILES string of the molecule is CCC(C)NC(=O)C(C)Sc1ccc(F)cc1N. The molecule has 0 spiro atoms. The van der Waals surface area contributed by atoms with Gasteiger partial charge in [-0.05, 0) is 38.5 Å². The summed E-state index contributed by atoms with van der Waals surface area (Å²) < 4.78 is 12.9. The van der Waals surface area contributed by atoms with Crippen LogP contribution in [0.1, 0.15) is 27.2 Å². The molecular weight excluding hydrogens is 251 g/mol. The summed E-state index contributed by atoms with van der Waals surface area (Å²) in [4.78, 5) is 12.6. The molecule has 0 saturated carbocycles. The molecule has 18 heavy (non-hydrogen) atoms. The highest BCUT2D eigenvalue weighted by atomic mass is 32.2. The molecule has 0 aliphatic carbocycles. The monoisotopic (exact) mass is 270 g/mol. The van der Waals surface area contributed by atoms with Gasteiger partial charge < -0.3 is 11.1 Å². The fourth-order valence-electron chi connectivity index (χ4n) is 1.33. The predicted molar refractivity (Wildman–Crippen MR) is 74.0 cm³/mol. The fraction of sp³-hybridized carbons (Fsp3) is 0.462. The van der Waals surface area contributed by atoms with Crippen LogP contribution in [-0.4, -0.2) is 17.2 Å². The van der Waals surface area contributed by atoms with Crippen molar-refractivity contribution in [1.29, 1.82) is 0 Å². The molecule has 2 atom stereocenters. The van der Waals surface area contributed by atoms with Gasteiger partial charge in [-0.15, -0.1) is 11.8 Å². The molecule has 5 heteroatoms. The highest BCUT2D eigenvalue weighted by molar-refractivity contribution is 8.00. The van der Waals surface area contributed by atoms with Crippen molar-refractivity contribution in [3.05, 3.63) is 24.0 Å². The number of nitrogens with one attached hydrogen (secondary N) is 1. The van der Waals surface area contributed by atoms with Gasteiger partial charge in [0, 0.05) is 16.6 Å². The minimum absolute atomic E-state index is 0.0296. The number of benzene rings is 1. The Morgan fingerprint density at radius 1 is 1.50 bits per heavy atom. The first kappa shape index (κ1) is 14.8. The van der Waals surface area contributed by atoms with Gasteiger partial charge in [-0.1, -0.05) is 6.92 Å². The molecule has 0 aliphatic heterocycles. The van der Waals surface area contributed by atoms with Gasteiger partial charge in [0.15, 0.2) is 0 Å². The van der Waals surface area contributed by atoms with Crippen molar-refractivity contribution in [1.82, 2.24) is 5.32 Å². The summed E-state index contributed by atoms with van der Waals surface area (Å²) in [5.41, 5.74) is 6.07. The highest BCUT2D eigenvalue weighted by Crippen LogP contribution is 2.29. The Labute approximate surface area is 111 Å². The van der Waals surface area contributed by atoms with Crippen molar-refractivity contribution in [3.8, 4) is 0 Å². The second-order valence-electron chi connectivity index (χ2n) is 4.26. The number of hydrogen-bond donors (Lipinski definition) is 2. The first-order chi connectivity index (χ1) is 8.43. The van der Waals surface area contributed by atoms with Crippen molar-refractivity contribution in [2.75, 3.05) is 5.73 Å². The molecule has 3 nitrogen and oxygen atoms in total. The van der Waals surface area contributed by atoms with Gasteiger partial charge in [-0.25, -0.2) is 4.39 Å². The molecule has 3 N–H and O–H groups in total. The lowest BCUT2D eigenvalue weighted by molar-refractivity contribution is -0.120. The maximum atomic E-state index is 12.9. The number of carbonyl (C=O) groups is 1. The standard InChI is InChI=1S/C13H19FN2OS/c1-4-8(2)16-13(17)9(3)18-12-6-5-10(14)7-11(12)15/h5-9H,4,15H2,1-3H3,(H,16,17). The number of carbonyl (C=O) groups excluding carboxylic acids is 1. The van der Waals surface area contributed by atoms with Gasteiger partial charge in [0.05, 0.1) is 5.25 Å². The minimum atomic E-state index is -0.367. The first-order valence-electron chi connectivity index (χ1n) is 5.96. The first-order valence-corrected chi connectivity index (χ1v) is 6.84. The summed E-state index contributed by atoms with van der Waals surface area (Å²) in [5.74, 6) is -0.397. The van der Waals surface area contributed by atoms with E-state index in [-0.39, 0.29) is 23.0 Å². The average molecular weight is 270 g/mol. The maximum absolute atomic E-state index is 12.9. The van der Waals surface area contributed by atoms with Gasteiger partial charge in [-0.2, -0.15) is 0 Å². The van der Waals surface area contributed by atoms with E-state index in [1.807, 2.05) is 20.8 Å². The minimum Gasteiger partial charge on any atom is -0.398 e. The molecule has 100 valence electrons. The number of hydrogen-bond acceptors (Lipinski definition) is 3. The summed E-state index contributed by atoms with van der Waals surface area (Å²) in [6.07, 6.45) is 0.891. The third-order valence-corrected chi connectivity index (χ3v) is 3.84. The Kier molecular flexibility index (Phi) is 5.47. The molecule has 0 radical (unpaired) electrons. The molecule has 0 saturated heterocycles. The van der Waals surface area contributed by atoms with Crippen molar-refractivity contribution < 1.29 is 9.18 Å². The Hall–Kier alpha value is -1.23. The lowest BCUT2D eigenvalue weighted by Crippen LogP contribution is -2.37. The molecule has 0 aromatic heterocycles. The number of rotatable bonds is 5. The van der Waals surface area contributed by atoms with Crippen LogP contribution in [0.25, 0.3) is 0 Å². The largest absolute Gasteiger partial charge is 0.398 e. The summed E-state index contributed by atoms with van der Waals surface area (Å²) in [6.45, 7) is 5.79. The van der Waals surface area contributed by atoms with Gasteiger partial charge in [0.25, 0.3) is 0 Å². The van der Waals surface area contributed by atoms with Gasteiger partial charge in [0.1, 0.15) is 5.82 Å². The van der Waals surface area contributed by atoms with E-state index in [9.17, 15) is 9.18 Å². The van der Waals surface area contributed by atoms with E-state index in [0.717, 1.165) is 11.3 Å². The number of nitrogen functional groups attached to an aromatic ring is 1. The summed E-state index contributed by atoms with van der Waals surface area (Å²) >= 11 is 1.34. The average Bonchev–Trinajstić information content (AvgIpc) is 2.32. The van der Waals surface area contributed by atoms with Crippen molar-refractivity contribution in [2.24, 2.45) is 0 Å². The van der Waals surface area contributed by atoms with Crippen LogP contribution in [0.4, 0.5) is 10.1 Å². The second kappa shape index (κ2) is 6.64. The van der Waals surface area contributed by atoms with E-state index >= 15 is 0 Å². The lowest BCUT2D eigenvalue weighted by atomic mass is 10.2. The van der Waals surface area contributed by atoms with Crippen LogP contribution in [0.3, 0.4) is 0 Å². The summed E-state index contributed by atoms with van der Waals surface area (Å²) in [7, 11) is 0. The second-order valence-corrected chi connectivity index (χ2v) is 5.64. The topological polar surface area (TPSA) is 55.1 Å². The summed E-state index contributed by atoms with van der Waals surface area (Å²) in [6, 6.07) is 4.37. The normalized spacial score (nSPS) is 14.0. The van der Waals surface area contributed by atoms with Gasteiger partial charge in [-0.3, -0.25) is 4.79 Å². The number of amides is 1. The maximum Gasteiger partial charge on any atom is 0.233 e. The number of anilines is 1. The molecule has 1 aromatic rings. The lowest BCUT2D eigenvalue weighted by Gasteiger charge is -2.16. The Bertz CT molecular complexity index is 425. The van der Waals surface area contributed by atoms with Crippen LogP contribution in [0.15, 0.2) is 23.1 Å². The summed E-state index contributed by atoms with van der Waals surface area (Å²) in [5, 5.41) is 2.65. The number of thioether (sulfide) groups is 1. The quantitative estimate of drug-likeness (QED) is 0.639. The zero-order valence-electron chi connectivity index (χ0n) is 10.9. The molecule has 0 aliphatic rings. The molecule has 1 rings (SSSR count). The van der Waals surface area contributed by atoms with E-state index in [2.05, 4.69) is 5.32 Å². The molecule has 1 amide bonds. The molecule has 0 bridgehead atoms. The molecule has 0 heterocycles. The zero-order chi connectivity index (χ0) is 13.7. The van der Waals surface area contributed by atoms with Crippen LogP contribution in [0.2, 0.25) is 0 Å². The molecule has 2 unspecified atom stereocenters. The van der Waals surface area contributed by atoms with E-state index < -0.39 is 0 Å². The Morgan fingerprint density at radius 3 is 2.72 bits per heavy atom. The third kappa shape index (κ3) is 4.22. The Balaban J connectivity index is 2.63. The van der Waals surface area contributed by atoms with E-state index in [1.165, 1.54) is 23.9 Å². The fourth-order valence-corrected chi connectivity index (χ4v) is 2.23. The van der Waals surface area contributed by atoms with Crippen LogP contribution in [-0.2, 0) is 4.79 Å². The van der Waals surface area contributed by atoms with E-state index in [0.29, 0.717) is 5.69 Å². The van der Waals surface area contributed by atoms with Crippen LogP contribution < -0.4 is 11.1 Å². The zero-order valence-corrected chi connectivity index (χ0v) is 11.7. The predicted octanol–water partition coefficient (Wildman–Crippen LogP) is 2.80. The smallest absolute Gasteiger partial charge is 0.233 e. The molecular formula is C13H19FN2OS. The van der Waals surface area contributed by atoms with E-state index in [4.69, 9.17) is 5.73 Å². The van der Waals surface area contributed by atoms with Gasteiger partial charge in [0.2, 0.25) is 5.91 Å². The number of halogens is 1. The van der Waals surface area contributed by atoms with Crippen molar-refractivity contribution in [3.63, 3.8) is 0 Å². The molecule has 0 fully saturated rings. The van der Waals surface area contributed by atoms with Gasteiger partial charge >= 0.3 is 0 Å². The van der Waals surface area contributed by atoms with Crippen molar-refractivity contribution >= 4 is 23.4 Å². The molecule has 1 aromatic carbocycles. The highest BCUT2D eigenvalue weighted by Gasteiger charge is 2.17. The third-order valence-electron chi connectivity index (χ3n) is 2.65. The van der Waals surface area contributed by atoms with Crippen LogP contribution in [0, 0.1) is 5.82 Å². The number of nitrogens with two attached hydrogens (primary N) is 1. The van der Waals surface area contributed by atoms with Crippen LogP contribution >= 0.6 is 11.8 Å². The Morgan fingerprint density at radius 2 is 2.17 bits per heavy atom. The van der Waals surface area contributed by atoms with E-state index in [1.54, 1.807) is 6.07 Å².